The van der Waals surface area contributed by atoms with Crippen LogP contribution in [0.1, 0.15) is 59.6 Å². The molecule has 1 aliphatic rings. The Labute approximate surface area is 188 Å². The molecule has 1 aliphatic heterocycles. The molecule has 0 radical (unpaired) electrons. The molecular formula is C25H28N4O3. The molecule has 1 saturated heterocycles. The van der Waals surface area contributed by atoms with Gasteiger partial charge in [-0.05, 0) is 36.6 Å². The van der Waals surface area contributed by atoms with Gasteiger partial charge >= 0.3 is 0 Å². The second-order valence-corrected chi connectivity index (χ2v) is 7.86. The number of benzene rings is 2. The van der Waals surface area contributed by atoms with E-state index < -0.39 is 11.9 Å². The summed E-state index contributed by atoms with van der Waals surface area (Å²) in [6.07, 6.45) is 3.89. The van der Waals surface area contributed by atoms with Gasteiger partial charge in [-0.1, -0.05) is 49.2 Å². The predicted octanol–water partition coefficient (Wildman–Crippen LogP) is 2.94. The van der Waals surface area contributed by atoms with Gasteiger partial charge in [-0.3, -0.25) is 14.4 Å². The number of carbonyl (C=O) groups excluding carboxylic acids is 3. The lowest BCUT2D eigenvalue weighted by molar-refractivity contribution is -0.134. The van der Waals surface area contributed by atoms with E-state index >= 15 is 0 Å². The summed E-state index contributed by atoms with van der Waals surface area (Å²) in [5, 5.41) is 14.6. The van der Waals surface area contributed by atoms with Crippen molar-refractivity contribution in [2.75, 3.05) is 19.6 Å². The normalized spacial score (nSPS) is 17.4. The minimum Gasteiger partial charge on any atom is -0.356 e. The zero-order valence-corrected chi connectivity index (χ0v) is 18.0. The maximum atomic E-state index is 13.2. The Bertz CT molecular complexity index is 984. The molecule has 1 fully saturated rings. The van der Waals surface area contributed by atoms with Gasteiger partial charge in [-0.2, -0.15) is 5.26 Å². The van der Waals surface area contributed by atoms with E-state index in [1.54, 1.807) is 23.1 Å². The Morgan fingerprint density at radius 1 is 1.06 bits per heavy atom. The molecule has 1 unspecified atom stereocenters. The van der Waals surface area contributed by atoms with Crippen molar-refractivity contribution in [2.45, 2.75) is 38.1 Å². The van der Waals surface area contributed by atoms with Crippen molar-refractivity contribution >= 4 is 17.7 Å². The van der Waals surface area contributed by atoms with E-state index in [2.05, 4.69) is 10.6 Å². The van der Waals surface area contributed by atoms with E-state index in [4.69, 9.17) is 5.26 Å². The first kappa shape index (κ1) is 23.0. The van der Waals surface area contributed by atoms with Gasteiger partial charge in [-0.25, -0.2) is 0 Å². The van der Waals surface area contributed by atoms with E-state index in [9.17, 15) is 14.4 Å². The molecule has 1 atom stereocenters. The Balaban J connectivity index is 1.77. The first-order valence-corrected chi connectivity index (χ1v) is 11.0. The minimum absolute atomic E-state index is 0.0871. The first-order chi connectivity index (χ1) is 15.6. The van der Waals surface area contributed by atoms with Crippen molar-refractivity contribution in [3.8, 4) is 6.07 Å². The largest absolute Gasteiger partial charge is 0.356 e. The van der Waals surface area contributed by atoms with E-state index in [1.807, 2.05) is 36.4 Å². The fourth-order valence-corrected chi connectivity index (χ4v) is 3.86. The molecule has 1 heterocycles. The highest BCUT2D eigenvalue weighted by Gasteiger charge is 2.27. The molecule has 166 valence electrons. The van der Waals surface area contributed by atoms with Gasteiger partial charge < -0.3 is 15.5 Å². The van der Waals surface area contributed by atoms with Crippen LogP contribution >= 0.6 is 0 Å². The first-order valence-electron chi connectivity index (χ1n) is 11.0. The minimum atomic E-state index is -0.415. The average Bonchev–Trinajstić information content (AvgIpc) is 2.87. The van der Waals surface area contributed by atoms with Gasteiger partial charge in [0.2, 0.25) is 11.8 Å². The van der Waals surface area contributed by atoms with Crippen LogP contribution in [0.25, 0.3) is 0 Å². The van der Waals surface area contributed by atoms with Crippen LogP contribution in [0.2, 0.25) is 0 Å². The fraction of sp³-hybridized carbons (Fsp3) is 0.360. The smallest absolute Gasteiger partial charge is 0.251 e. The van der Waals surface area contributed by atoms with E-state index in [0.717, 1.165) is 31.2 Å². The number of nitriles is 1. The van der Waals surface area contributed by atoms with Crippen molar-refractivity contribution < 1.29 is 14.4 Å². The van der Waals surface area contributed by atoms with Crippen LogP contribution in [0.4, 0.5) is 0 Å². The van der Waals surface area contributed by atoms with Crippen molar-refractivity contribution in [2.24, 2.45) is 0 Å². The maximum absolute atomic E-state index is 13.2. The molecule has 2 aromatic carbocycles. The summed E-state index contributed by atoms with van der Waals surface area (Å²) in [5.74, 6) is -0.742. The van der Waals surface area contributed by atoms with Gasteiger partial charge in [-0.15, -0.1) is 0 Å². The second kappa shape index (κ2) is 11.7. The van der Waals surface area contributed by atoms with Crippen LogP contribution in [0.15, 0.2) is 54.6 Å². The van der Waals surface area contributed by atoms with Crippen LogP contribution in [-0.4, -0.2) is 42.3 Å². The van der Waals surface area contributed by atoms with Gasteiger partial charge in [0.1, 0.15) is 0 Å². The highest BCUT2D eigenvalue weighted by molar-refractivity contribution is 5.96. The van der Waals surface area contributed by atoms with E-state index in [-0.39, 0.29) is 24.8 Å². The molecule has 7 heteroatoms. The summed E-state index contributed by atoms with van der Waals surface area (Å²) in [7, 11) is 0. The fourth-order valence-electron chi connectivity index (χ4n) is 3.86. The number of amides is 3. The number of hydrogen-bond donors (Lipinski definition) is 2. The predicted molar refractivity (Wildman–Crippen MR) is 120 cm³/mol. The molecular weight excluding hydrogens is 404 g/mol. The van der Waals surface area contributed by atoms with Crippen molar-refractivity contribution in [3.63, 3.8) is 0 Å². The molecule has 2 aromatic rings. The molecule has 3 rings (SSSR count). The Morgan fingerprint density at radius 2 is 1.84 bits per heavy atom. The zero-order chi connectivity index (χ0) is 22.8. The van der Waals surface area contributed by atoms with Crippen molar-refractivity contribution in [1.82, 2.24) is 15.5 Å². The van der Waals surface area contributed by atoms with Crippen LogP contribution in [0.3, 0.4) is 0 Å². The number of rotatable bonds is 4. The summed E-state index contributed by atoms with van der Waals surface area (Å²) >= 11 is 0. The summed E-state index contributed by atoms with van der Waals surface area (Å²) in [6, 6.07) is 17.5. The number of hydrogen-bond acceptors (Lipinski definition) is 4. The standard InChI is InChI=1S/C25H28N4O3/c26-17-19-9-8-12-21(15-19)25(32)28-18-24(31)29-14-7-2-1-6-13-27-23(30)16-22(29)20-10-4-3-5-11-20/h3-5,8-12,15,22H,1-2,6-7,13-14,16,18H2,(H,27,30)(H,28,32). The Kier molecular flexibility index (Phi) is 8.38. The third kappa shape index (κ3) is 6.42. The summed E-state index contributed by atoms with van der Waals surface area (Å²) in [5.41, 5.74) is 1.60. The molecule has 7 nitrogen and oxygen atoms in total. The Hall–Kier alpha value is -3.66. The summed E-state index contributed by atoms with van der Waals surface area (Å²) < 4.78 is 0. The second-order valence-electron chi connectivity index (χ2n) is 7.86. The molecule has 3 amide bonds. The number of carbonyl (C=O) groups is 3. The van der Waals surface area contributed by atoms with E-state index in [0.29, 0.717) is 24.2 Å². The third-order valence-electron chi connectivity index (χ3n) is 5.56. The molecule has 2 N–H and O–H groups in total. The SMILES string of the molecule is N#Cc1cccc(C(=O)NCC(=O)N2CCCCCCNC(=O)CC2c2ccccc2)c1. The van der Waals surface area contributed by atoms with Gasteiger partial charge in [0.25, 0.3) is 5.91 Å². The highest BCUT2D eigenvalue weighted by Crippen LogP contribution is 2.26. The molecule has 0 aromatic heterocycles. The third-order valence-corrected chi connectivity index (χ3v) is 5.56. The summed E-state index contributed by atoms with van der Waals surface area (Å²) in [4.78, 5) is 40.0. The van der Waals surface area contributed by atoms with Crippen LogP contribution in [0, 0.1) is 11.3 Å². The maximum Gasteiger partial charge on any atom is 0.251 e. The molecule has 0 saturated carbocycles. The number of nitrogens with zero attached hydrogens (tertiary/aromatic N) is 2. The van der Waals surface area contributed by atoms with Crippen LogP contribution < -0.4 is 10.6 Å². The van der Waals surface area contributed by atoms with Gasteiger partial charge in [0.05, 0.1) is 30.6 Å². The van der Waals surface area contributed by atoms with Gasteiger partial charge in [0.15, 0.2) is 0 Å². The molecule has 0 spiro atoms. The lowest BCUT2D eigenvalue weighted by atomic mass is 10.0. The van der Waals surface area contributed by atoms with Gasteiger partial charge in [0, 0.05) is 18.7 Å². The summed E-state index contributed by atoms with van der Waals surface area (Å²) in [6.45, 7) is 0.984. The lowest BCUT2D eigenvalue weighted by Gasteiger charge is -2.32. The lowest BCUT2D eigenvalue weighted by Crippen LogP contribution is -2.44. The van der Waals surface area contributed by atoms with Crippen molar-refractivity contribution in [1.29, 1.82) is 5.26 Å². The average molecular weight is 433 g/mol. The Morgan fingerprint density at radius 3 is 2.62 bits per heavy atom. The molecule has 0 bridgehead atoms. The zero-order valence-electron chi connectivity index (χ0n) is 18.0. The van der Waals surface area contributed by atoms with E-state index in [1.165, 1.54) is 6.07 Å². The van der Waals surface area contributed by atoms with Crippen LogP contribution in [0.5, 0.6) is 0 Å². The van der Waals surface area contributed by atoms with Crippen molar-refractivity contribution in [3.05, 3.63) is 71.3 Å². The number of nitrogens with one attached hydrogen (secondary N) is 2. The topological polar surface area (TPSA) is 102 Å². The molecule has 32 heavy (non-hydrogen) atoms. The quantitative estimate of drug-likeness (QED) is 0.775. The molecule has 0 aliphatic carbocycles. The monoisotopic (exact) mass is 432 g/mol. The highest BCUT2D eigenvalue weighted by atomic mass is 16.2. The van der Waals surface area contributed by atoms with Crippen LogP contribution in [-0.2, 0) is 9.59 Å².